The summed E-state index contributed by atoms with van der Waals surface area (Å²) in [5.74, 6) is -0.708. The number of carboxylic acids is 1. The first kappa shape index (κ1) is 14.1. The van der Waals surface area contributed by atoms with Gasteiger partial charge in [-0.1, -0.05) is 35.0 Å². The van der Waals surface area contributed by atoms with Gasteiger partial charge in [0.2, 0.25) is 5.16 Å². The summed E-state index contributed by atoms with van der Waals surface area (Å²) in [6.45, 7) is 0. The average molecular weight is 319 g/mol. The third kappa shape index (κ3) is 2.99. The number of thioether (sulfide) groups is 1. The minimum Gasteiger partial charge on any atom is -0.478 e. The van der Waals surface area contributed by atoms with Crippen molar-refractivity contribution in [1.82, 2.24) is 20.2 Å². The maximum atomic E-state index is 11.0. The number of aromatic carboxylic acids is 1. The Morgan fingerprint density at radius 1 is 1.47 bits per heavy atom. The molecule has 0 atom stereocenters. The number of hydrogen-bond acceptors (Lipinski definition) is 5. The molecule has 100 valence electrons. The molecule has 0 fully saturated rings. The first-order valence-corrected chi connectivity index (χ1v) is 6.80. The molecule has 0 aliphatic heterocycles. The number of nitrogens with zero attached hydrogens (tertiary/aromatic N) is 4. The van der Waals surface area contributed by atoms with Crippen LogP contribution in [-0.4, -0.2) is 31.3 Å². The van der Waals surface area contributed by atoms with Gasteiger partial charge in [-0.2, -0.15) is 0 Å². The summed E-state index contributed by atoms with van der Waals surface area (Å²) in [6, 6.07) is 2.90. The summed E-state index contributed by atoms with van der Waals surface area (Å²) in [7, 11) is 1.71. The van der Waals surface area contributed by atoms with Crippen molar-refractivity contribution in [2.45, 2.75) is 10.9 Å². The summed E-state index contributed by atoms with van der Waals surface area (Å²) in [5.41, 5.74) is 0.578. The lowest BCUT2D eigenvalue weighted by molar-refractivity contribution is 0.0697. The molecule has 2 aromatic rings. The van der Waals surface area contributed by atoms with Gasteiger partial charge in [0, 0.05) is 23.4 Å². The quantitative estimate of drug-likeness (QED) is 0.872. The Hall–Kier alpha value is -1.31. The molecular formula is C10H8Cl2N4O2S. The van der Waals surface area contributed by atoms with E-state index in [0.29, 0.717) is 21.5 Å². The maximum Gasteiger partial charge on any atom is 0.337 e. The van der Waals surface area contributed by atoms with Crippen LogP contribution in [-0.2, 0) is 12.8 Å². The van der Waals surface area contributed by atoms with Crippen molar-refractivity contribution in [3.05, 3.63) is 33.3 Å². The highest BCUT2D eigenvalue weighted by molar-refractivity contribution is 7.98. The van der Waals surface area contributed by atoms with Crippen LogP contribution in [0.3, 0.4) is 0 Å². The molecule has 0 aliphatic rings. The summed E-state index contributed by atoms with van der Waals surface area (Å²) < 4.78 is 1.51. The smallest absolute Gasteiger partial charge is 0.337 e. The van der Waals surface area contributed by atoms with E-state index in [1.54, 1.807) is 7.05 Å². The highest BCUT2D eigenvalue weighted by atomic mass is 35.5. The second-order valence-electron chi connectivity index (χ2n) is 3.57. The number of rotatable bonds is 4. The van der Waals surface area contributed by atoms with Gasteiger partial charge >= 0.3 is 5.97 Å². The summed E-state index contributed by atoms with van der Waals surface area (Å²) in [4.78, 5) is 11.0. The molecule has 0 amide bonds. The van der Waals surface area contributed by atoms with Crippen LogP contribution in [0.2, 0.25) is 10.0 Å². The molecule has 1 aromatic heterocycles. The monoisotopic (exact) mass is 318 g/mol. The van der Waals surface area contributed by atoms with Crippen LogP contribution in [0.1, 0.15) is 15.9 Å². The molecule has 1 heterocycles. The Bertz CT molecular complexity index is 632. The van der Waals surface area contributed by atoms with E-state index in [4.69, 9.17) is 28.3 Å². The van der Waals surface area contributed by atoms with Gasteiger partial charge in [-0.25, -0.2) is 9.48 Å². The van der Waals surface area contributed by atoms with E-state index in [-0.39, 0.29) is 10.6 Å². The Morgan fingerprint density at radius 2 is 2.21 bits per heavy atom. The van der Waals surface area contributed by atoms with Gasteiger partial charge in [0.15, 0.2) is 0 Å². The fourth-order valence-corrected chi connectivity index (χ4v) is 3.01. The molecule has 2 rings (SSSR count). The number of aromatic nitrogens is 4. The molecule has 0 aliphatic carbocycles. The predicted molar refractivity (Wildman–Crippen MR) is 71.8 cm³/mol. The van der Waals surface area contributed by atoms with Gasteiger partial charge in [-0.15, -0.1) is 5.10 Å². The maximum absolute atomic E-state index is 11.0. The van der Waals surface area contributed by atoms with Crippen molar-refractivity contribution in [2.24, 2.45) is 7.05 Å². The SMILES string of the molecule is Cn1nnnc1SCc1c(Cl)ccc(C(=O)O)c1Cl. The lowest BCUT2D eigenvalue weighted by Gasteiger charge is -2.08. The minimum atomic E-state index is -1.09. The first-order valence-electron chi connectivity index (χ1n) is 5.06. The van der Waals surface area contributed by atoms with E-state index in [1.165, 1.54) is 28.6 Å². The largest absolute Gasteiger partial charge is 0.478 e. The van der Waals surface area contributed by atoms with E-state index < -0.39 is 5.97 Å². The van der Waals surface area contributed by atoms with Gasteiger partial charge in [-0.05, 0) is 22.6 Å². The third-order valence-electron chi connectivity index (χ3n) is 2.34. The van der Waals surface area contributed by atoms with E-state index in [9.17, 15) is 4.79 Å². The molecule has 0 bridgehead atoms. The molecule has 0 unspecified atom stereocenters. The van der Waals surface area contributed by atoms with Gasteiger partial charge < -0.3 is 5.11 Å². The Kier molecular flexibility index (Phi) is 4.28. The van der Waals surface area contributed by atoms with Crippen LogP contribution in [0, 0.1) is 0 Å². The van der Waals surface area contributed by atoms with Crippen molar-refractivity contribution in [1.29, 1.82) is 0 Å². The molecule has 1 N–H and O–H groups in total. The zero-order valence-electron chi connectivity index (χ0n) is 9.67. The van der Waals surface area contributed by atoms with Gasteiger partial charge in [0.25, 0.3) is 0 Å². The van der Waals surface area contributed by atoms with Crippen molar-refractivity contribution in [3.8, 4) is 0 Å². The number of halogens is 2. The molecule has 1 aromatic carbocycles. The van der Waals surface area contributed by atoms with Gasteiger partial charge in [-0.3, -0.25) is 0 Å². The molecule has 19 heavy (non-hydrogen) atoms. The normalized spacial score (nSPS) is 10.7. The van der Waals surface area contributed by atoms with Crippen molar-refractivity contribution in [2.75, 3.05) is 0 Å². The van der Waals surface area contributed by atoms with Crippen LogP contribution in [0.25, 0.3) is 0 Å². The molecule has 0 spiro atoms. The zero-order valence-corrected chi connectivity index (χ0v) is 12.0. The fraction of sp³-hybridized carbons (Fsp3) is 0.200. The van der Waals surface area contributed by atoms with Gasteiger partial charge in [0.05, 0.1) is 10.6 Å². The Morgan fingerprint density at radius 3 is 2.79 bits per heavy atom. The first-order chi connectivity index (χ1) is 9.00. The van der Waals surface area contributed by atoms with Gasteiger partial charge in [0.1, 0.15) is 0 Å². The second-order valence-corrected chi connectivity index (χ2v) is 5.29. The second kappa shape index (κ2) is 5.77. The molecule has 9 heteroatoms. The molecule has 6 nitrogen and oxygen atoms in total. The van der Waals surface area contributed by atoms with Crippen LogP contribution in [0.5, 0.6) is 0 Å². The highest BCUT2D eigenvalue weighted by Gasteiger charge is 2.16. The minimum absolute atomic E-state index is 0.0257. The van der Waals surface area contributed by atoms with Crippen molar-refractivity contribution < 1.29 is 9.90 Å². The summed E-state index contributed by atoms with van der Waals surface area (Å²) in [5, 5.41) is 21.2. The van der Waals surface area contributed by atoms with E-state index >= 15 is 0 Å². The summed E-state index contributed by atoms with van der Waals surface area (Å²) in [6.07, 6.45) is 0. The zero-order chi connectivity index (χ0) is 14.0. The standard InChI is InChI=1S/C10H8Cl2N4O2S/c1-16-10(13-14-15-16)19-4-6-7(11)3-2-5(8(6)12)9(17)18/h2-3H,4H2,1H3,(H,17,18). The summed E-state index contributed by atoms with van der Waals surface area (Å²) >= 11 is 13.4. The third-order valence-corrected chi connectivity index (χ3v) is 4.17. The Balaban J connectivity index is 2.27. The van der Waals surface area contributed by atoms with Crippen LogP contribution in [0.15, 0.2) is 17.3 Å². The number of hydrogen-bond donors (Lipinski definition) is 1. The number of aryl methyl sites for hydroxylation is 1. The molecule has 0 saturated heterocycles. The average Bonchev–Trinajstić information content (AvgIpc) is 2.74. The fourth-order valence-electron chi connectivity index (χ4n) is 1.38. The molecule has 0 saturated carbocycles. The predicted octanol–water partition coefficient (Wildman–Crippen LogP) is 2.51. The Labute approximate surface area is 122 Å². The van der Waals surface area contributed by atoms with Crippen LogP contribution in [0.4, 0.5) is 0 Å². The van der Waals surface area contributed by atoms with Crippen molar-refractivity contribution >= 4 is 40.9 Å². The molecule has 0 radical (unpaired) electrons. The lowest BCUT2D eigenvalue weighted by atomic mass is 10.1. The number of carboxylic acid groups (broad SMARTS) is 1. The number of tetrazole rings is 1. The van der Waals surface area contributed by atoms with E-state index in [0.717, 1.165) is 0 Å². The van der Waals surface area contributed by atoms with Crippen LogP contribution < -0.4 is 0 Å². The van der Waals surface area contributed by atoms with E-state index in [2.05, 4.69) is 15.5 Å². The van der Waals surface area contributed by atoms with E-state index in [1.807, 2.05) is 0 Å². The number of carbonyl (C=O) groups is 1. The highest BCUT2D eigenvalue weighted by Crippen LogP contribution is 2.33. The molecular weight excluding hydrogens is 311 g/mol. The van der Waals surface area contributed by atoms with Crippen molar-refractivity contribution in [3.63, 3.8) is 0 Å². The lowest BCUT2D eigenvalue weighted by Crippen LogP contribution is -2.00. The topological polar surface area (TPSA) is 80.9 Å². The number of benzene rings is 1. The van der Waals surface area contributed by atoms with Crippen LogP contribution >= 0.6 is 35.0 Å².